The average molecular weight is 216 g/mol. The molecular formula is C10H20N2O3. The third-order valence-electron chi connectivity index (χ3n) is 2.52. The third kappa shape index (κ3) is 3.77. The molecule has 0 unspecified atom stereocenters. The predicted octanol–water partition coefficient (Wildman–Crippen LogP) is -0.619. The molecule has 1 aliphatic heterocycles. The van der Waals surface area contributed by atoms with Crippen LogP contribution in [0.4, 0.5) is 0 Å². The Morgan fingerprint density at radius 1 is 1.53 bits per heavy atom. The summed E-state index contributed by atoms with van der Waals surface area (Å²) in [5, 5.41) is 12.1. The largest absolute Gasteiger partial charge is 0.389 e. The van der Waals surface area contributed by atoms with Crippen molar-refractivity contribution in [3.8, 4) is 0 Å². The number of hydrogen-bond acceptors (Lipinski definition) is 4. The molecule has 1 amide bonds. The van der Waals surface area contributed by atoms with Gasteiger partial charge in [0.05, 0.1) is 11.1 Å². The molecule has 15 heavy (non-hydrogen) atoms. The number of carbonyl (C=O) groups is 1. The zero-order valence-corrected chi connectivity index (χ0v) is 9.38. The first-order chi connectivity index (χ1) is 6.83. The Labute approximate surface area is 90.0 Å². The molecule has 4 N–H and O–H groups in total. The third-order valence-corrected chi connectivity index (χ3v) is 2.52. The van der Waals surface area contributed by atoms with E-state index in [1.54, 1.807) is 13.8 Å². The minimum absolute atomic E-state index is 0.201. The van der Waals surface area contributed by atoms with E-state index in [1.165, 1.54) is 0 Å². The molecule has 0 saturated carbocycles. The molecule has 88 valence electrons. The molecule has 1 aliphatic rings. The van der Waals surface area contributed by atoms with Crippen molar-refractivity contribution in [1.29, 1.82) is 0 Å². The molecule has 0 aliphatic carbocycles. The molecule has 5 nitrogen and oxygen atoms in total. The van der Waals surface area contributed by atoms with Crippen molar-refractivity contribution in [2.45, 2.75) is 37.8 Å². The number of carbonyl (C=O) groups excluding carboxylic acids is 1. The summed E-state index contributed by atoms with van der Waals surface area (Å²) in [5.74, 6) is -0.201. The number of nitrogens with two attached hydrogens (primary N) is 1. The second-order valence-corrected chi connectivity index (χ2v) is 4.76. The molecule has 1 rings (SSSR count). The molecule has 5 heteroatoms. The van der Waals surface area contributed by atoms with Crippen LogP contribution in [-0.4, -0.2) is 41.9 Å². The summed E-state index contributed by atoms with van der Waals surface area (Å²) >= 11 is 0. The lowest BCUT2D eigenvalue weighted by molar-refractivity contribution is -0.130. The van der Waals surface area contributed by atoms with Crippen LogP contribution in [0.1, 0.15) is 26.7 Å². The lowest BCUT2D eigenvalue weighted by Crippen LogP contribution is -2.58. The van der Waals surface area contributed by atoms with Crippen molar-refractivity contribution in [2.75, 3.05) is 19.8 Å². The smallest absolute Gasteiger partial charge is 0.240 e. The van der Waals surface area contributed by atoms with Crippen LogP contribution in [0.2, 0.25) is 0 Å². The fourth-order valence-corrected chi connectivity index (χ4v) is 1.44. The molecule has 0 atom stereocenters. The van der Waals surface area contributed by atoms with Crippen molar-refractivity contribution in [3.63, 3.8) is 0 Å². The van der Waals surface area contributed by atoms with E-state index in [9.17, 15) is 9.90 Å². The Hall–Kier alpha value is -0.650. The number of ether oxygens (including phenoxy) is 1. The van der Waals surface area contributed by atoms with Gasteiger partial charge in [-0.3, -0.25) is 4.79 Å². The van der Waals surface area contributed by atoms with Crippen LogP contribution in [0, 0.1) is 0 Å². The maximum Gasteiger partial charge on any atom is 0.240 e. The SMILES string of the molecule is CC(C)(O)CNC(=O)C1(N)CCOCC1. The van der Waals surface area contributed by atoms with Crippen molar-refractivity contribution in [3.05, 3.63) is 0 Å². The van der Waals surface area contributed by atoms with Gasteiger partial charge < -0.3 is 20.9 Å². The second-order valence-electron chi connectivity index (χ2n) is 4.76. The number of nitrogens with one attached hydrogen (secondary N) is 1. The van der Waals surface area contributed by atoms with E-state index in [-0.39, 0.29) is 12.5 Å². The summed E-state index contributed by atoms with van der Waals surface area (Å²) in [7, 11) is 0. The molecule has 0 aromatic carbocycles. The number of aliphatic hydroxyl groups is 1. The van der Waals surface area contributed by atoms with Gasteiger partial charge in [-0.25, -0.2) is 0 Å². The van der Waals surface area contributed by atoms with E-state index in [2.05, 4.69) is 5.32 Å². The van der Waals surface area contributed by atoms with Gasteiger partial charge in [0.1, 0.15) is 0 Å². The predicted molar refractivity (Wildman–Crippen MR) is 56.3 cm³/mol. The van der Waals surface area contributed by atoms with Crippen LogP contribution in [0.3, 0.4) is 0 Å². The van der Waals surface area contributed by atoms with E-state index in [1.807, 2.05) is 0 Å². The Kier molecular flexibility index (Phi) is 3.70. The lowest BCUT2D eigenvalue weighted by Gasteiger charge is -2.32. The van der Waals surface area contributed by atoms with Gasteiger partial charge in [-0.1, -0.05) is 0 Å². The average Bonchev–Trinajstić information content (AvgIpc) is 2.14. The lowest BCUT2D eigenvalue weighted by atomic mass is 9.90. The molecule has 0 radical (unpaired) electrons. The monoisotopic (exact) mass is 216 g/mol. The van der Waals surface area contributed by atoms with E-state index >= 15 is 0 Å². The molecule has 0 aromatic heterocycles. The van der Waals surface area contributed by atoms with Crippen molar-refractivity contribution in [1.82, 2.24) is 5.32 Å². The van der Waals surface area contributed by atoms with Crippen LogP contribution in [0.5, 0.6) is 0 Å². The Bertz CT molecular complexity index is 229. The van der Waals surface area contributed by atoms with E-state index in [0.29, 0.717) is 26.1 Å². The highest BCUT2D eigenvalue weighted by atomic mass is 16.5. The van der Waals surface area contributed by atoms with Gasteiger partial charge in [0.2, 0.25) is 5.91 Å². The molecular weight excluding hydrogens is 196 g/mol. The van der Waals surface area contributed by atoms with Gasteiger partial charge in [0, 0.05) is 19.8 Å². The highest BCUT2D eigenvalue weighted by molar-refractivity contribution is 5.86. The number of amides is 1. The van der Waals surface area contributed by atoms with Gasteiger partial charge in [0.25, 0.3) is 0 Å². The standard InChI is InChI=1S/C10H20N2O3/c1-9(2,14)7-12-8(13)10(11)3-5-15-6-4-10/h14H,3-7,11H2,1-2H3,(H,12,13). The highest BCUT2D eigenvalue weighted by Crippen LogP contribution is 2.17. The van der Waals surface area contributed by atoms with Crippen molar-refractivity contribution < 1.29 is 14.6 Å². The van der Waals surface area contributed by atoms with Crippen LogP contribution >= 0.6 is 0 Å². The number of rotatable bonds is 3. The normalized spacial score (nSPS) is 21.1. The summed E-state index contributed by atoms with van der Waals surface area (Å²) in [6.45, 7) is 4.53. The molecule has 0 spiro atoms. The molecule has 1 fully saturated rings. The zero-order chi connectivity index (χ0) is 11.5. The summed E-state index contributed by atoms with van der Waals surface area (Å²) < 4.78 is 5.15. The van der Waals surface area contributed by atoms with Crippen LogP contribution in [0.15, 0.2) is 0 Å². The summed E-state index contributed by atoms with van der Waals surface area (Å²) in [6.07, 6.45) is 1.06. The van der Waals surface area contributed by atoms with Gasteiger partial charge in [-0.15, -0.1) is 0 Å². The van der Waals surface area contributed by atoms with Crippen LogP contribution in [0.25, 0.3) is 0 Å². The summed E-state index contributed by atoms with van der Waals surface area (Å²) in [5.41, 5.74) is 4.22. The number of hydrogen-bond donors (Lipinski definition) is 3. The maximum absolute atomic E-state index is 11.8. The second kappa shape index (κ2) is 4.47. The maximum atomic E-state index is 11.8. The van der Waals surface area contributed by atoms with Crippen molar-refractivity contribution in [2.24, 2.45) is 5.73 Å². The first-order valence-electron chi connectivity index (χ1n) is 5.21. The van der Waals surface area contributed by atoms with Crippen molar-refractivity contribution >= 4 is 5.91 Å². The highest BCUT2D eigenvalue weighted by Gasteiger charge is 2.36. The molecule has 0 bridgehead atoms. The van der Waals surface area contributed by atoms with Gasteiger partial charge in [0.15, 0.2) is 0 Å². The topological polar surface area (TPSA) is 84.6 Å². The van der Waals surface area contributed by atoms with Gasteiger partial charge >= 0.3 is 0 Å². The van der Waals surface area contributed by atoms with Gasteiger partial charge in [-0.2, -0.15) is 0 Å². The minimum atomic E-state index is -0.906. The summed E-state index contributed by atoms with van der Waals surface area (Å²) in [4.78, 5) is 11.8. The fourth-order valence-electron chi connectivity index (χ4n) is 1.44. The fraction of sp³-hybridized carbons (Fsp3) is 0.900. The summed E-state index contributed by atoms with van der Waals surface area (Å²) in [6, 6.07) is 0. The minimum Gasteiger partial charge on any atom is -0.389 e. The molecule has 0 aromatic rings. The molecule has 1 heterocycles. The quantitative estimate of drug-likeness (QED) is 0.587. The van der Waals surface area contributed by atoms with E-state index in [4.69, 9.17) is 10.5 Å². The first kappa shape index (κ1) is 12.4. The Balaban J connectivity index is 2.45. The van der Waals surface area contributed by atoms with Crippen LogP contribution in [-0.2, 0) is 9.53 Å². The Morgan fingerprint density at radius 3 is 2.53 bits per heavy atom. The Morgan fingerprint density at radius 2 is 2.07 bits per heavy atom. The van der Waals surface area contributed by atoms with E-state index in [0.717, 1.165) is 0 Å². The first-order valence-corrected chi connectivity index (χ1v) is 5.21. The van der Waals surface area contributed by atoms with E-state index < -0.39 is 11.1 Å². The van der Waals surface area contributed by atoms with Gasteiger partial charge in [-0.05, 0) is 26.7 Å². The molecule has 1 saturated heterocycles. The van der Waals surface area contributed by atoms with Crippen LogP contribution < -0.4 is 11.1 Å². The zero-order valence-electron chi connectivity index (χ0n) is 9.38.